The van der Waals surface area contributed by atoms with Crippen LogP contribution in [0.5, 0.6) is 5.75 Å². The number of carbonyl (C=O) groups excluding carboxylic acids is 1. The topological polar surface area (TPSA) is 105 Å². The summed E-state index contributed by atoms with van der Waals surface area (Å²) >= 11 is 3.46. The second-order valence-electron chi connectivity index (χ2n) is 6.89. The number of nitrogens with zero attached hydrogens (tertiary/aromatic N) is 3. The van der Waals surface area contributed by atoms with Gasteiger partial charge in [0, 0.05) is 39.6 Å². The van der Waals surface area contributed by atoms with Crippen LogP contribution in [0.3, 0.4) is 0 Å². The van der Waals surface area contributed by atoms with E-state index in [0.29, 0.717) is 33.5 Å². The quantitative estimate of drug-likeness (QED) is 0.551. The van der Waals surface area contributed by atoms with E-state index >= 15 is 0 Å². The van der Waals surface area contributed by atoms with Crippen LogP contribution in [0.25, 0.3) is 22.6 Å². The lowest BCUT2D eigenvalue weighted by Crippen LogP contribution is -2.22. The molecule has 7 heteroatoms. The first kappa shape index (κ1) is 21.3. The van der Waals surface area contributed by atoms with Crippen molar-refractivity contribution in [1.29, 1.82) is 10.5 Å². The highest BCUT2D eigenvalue weighted by Crippen LogP contribution is 2.32. The number of rotatable bonds is 5. The van der Waals surface area contributed by atoms with Crippen molar-refractivity contribution in [2.45, 2.75) is 19.4 Å². The van der Waals surface area contributed by atoms with E-state index in [4.69, 9.17) is 10.5 Å². The zero-order chi connectivity index (χ0) is 21.8. The van der Waals surface area contributed by atoms with Crippen LogP contribution in [-0.2, 0) is 0 Å². The summed E-state index contributed by atoms with van der Waals surface area (Å²) in [4.78, 5) is 12.7. The molecule has 150 valence electrons. The number of halogens is 1. The molecule has 2 N–H and O–H groups in total. The zero-order valence-electron chi connectivity index (χ0n) is 16.5. The minimum absolute atomic E-state index is 0.148. The third kappa shape index (κ3) is 4.28. The van der Waals surface area contributed by atoms with Gasteiger partial charge in [0.25, 0.3) is 0 Å². The molecule has 0 saturated heterocycles. The summed E-state index contributed by atoms with van der Waals surface area (Å²) in [6, 6.07) is 14.6. The molecule has 0 bridgehead atoms. The monoisotopic (exact) mass is 462 g/mol. The van der Waals surface area contributed by atoms with Gasteiger partial charge in [0.05, 0.1) is 35.9 Å². The average Bonchev–Trinajstić information content (AvgIpc) is 3.09. The maximum absolute atomic E-state index is 12.7. The van der Waals surface area contributed by atoms with E-state index in [-0.39, 0.29) is 18.4 Å². The Balaban J connectivity index is 2.23. The number of methoxy groups -OCH3 is 1. The molecule has 6 nitrogen and oxygen atoms in total. The van der Waals surface area contributed by atoms with Crippen molar-refractivity contribution >= 4 is 44.4 Å². The lowest BCUT2D eigenvalue weighted by molar-refractivity contribution is 0.0901. The molecular formula is C23H19BrN4O2. The van der Waals surface area contributed by atoms with Gasteiger partial charge in [0.1, 0.15) is 5.75 Å². The molecule has 0 aliphatic heterocycles. The van der Waals surface area contributed by atoms with Gasteiger partial charge in [-0.25, -0.2) is 0 Å². The molecule has 0 fully saturated rings. The molecule has 0 radical (unpaired) electrons. The van der Waals surface area contributed by atoms with Crippen LogP contribution < -0.4 is 10.5 Å². The molecule has 0 amide bonds. The lowest BCUT2D eigenvalue weighted by Gasteiger charge is -2.06. The van der Waals surface area contributed by atoms with Crippen LogP contribution in [0.2, 0.25) is 0 Å². The Bertz CT molecular complexity index is 1240. The first-order valence-electron chi connectivity index (χ1n) is 9.17. The van der Waals surface area contributed by atoms with Crippen LogP contribution >= 0.6 is 15.9 Å². The van der Waals surface area contributed by atoms with Crippen molar-refractivity contribution in [3.05, 3.63) is 63.8 Å². The van der Waals surface area contributed by atoms with Crippen molar-refractivity contribution in [2.24, 2.45) is 5.73 Å². The molecule has 0 aliphatic carbocycles. The Morgan fingerprint density at radius 3 is 2.70 bits per heavy atom. The third-order valence-corrected chi connectivity index (χ3v) is 5.09. The number of fused-ring (bicyclic) bond motifs is 1. The van der Waals surface area contributed by atoms with Crippen LogP contribution in [0.15, 0.2) is 47.1 Å². The first-order valence-corrected chi connectivity index (χ1v) is 9.97. The van der Waals surface area contributed by atoms with E-state index in [2.05, 4.69) is 28.1 Å². The fraction of sp³-hybridized carbons (Fsp3) is 0.174. The molecule has 30 heavy (non-hydrogen) atoms. The molecule has 1 aromatic heterocycles. The van der Waals surface area contributed by atoms with E-state index in [9.17, 15) is 15.3 Å². The summed E-state index contributed by atoms with van der Waals surface area (Å²) in [6.45, 7) is 1.77. The number of hydrogen-bond acceptors (Lipinski definition) is 5. The fourth-order valence-electron chi connectivity index (χ4n) is 3.24. The summed E-state index contributed by atoms with van der Waals surface area (Å²) in [7, 11) is 1.53. The predicted octanol–water partition coefficient (Wildman–Crippen LogP) is 4.73. The van der Waals surface area contributed by atoms with Gasteiger partial charge in [-0.3, -0.25) is 9.36 Å². The van der Waals surface area contributed by atoms with Gasteiger partial charge in [-0.1, -0.05) is 15.9 Å². The molecule has 1 heterocycles. The number of carbonyl (C=O) groups is 1. The molecule has 0 spiro atoms. The SMILES string of the molecule is COc1ccc(C#N)cc1/C=C(\C#N)c1cn(C(=O)CC(C)N)c2ccc(Br)cc12. The third-order valence-electron chi connectivity index (χ3n) is 4.60. The second kappa shape index (κ2) is 8.96. The maximum Gasteiger partial charge on any atom is 0.232 e. The zero-order valence-corrected chi connectivity index (χ0v) is 18.1. The highest BCUT2D eigenvalue weighted by atomic mass is 79.9. The molecule has 0 aliphatic rings. The number of hydrogen-bond donors (Lipinski definition) is 1. The second-order valence-corrected chi connectivity index (χ2v) is 7.80. The average molecular weight is 463 g/mol. The van der Waals surface area contributed by atoms with Gasteiger partial charge in [-0.05, 0) is 49.4 Å². The van der Waals surface area contributed by atoms with Crippen molar-refractivity contribution in [1.82, 2.24) is 4.57 Å². The molecule has 1 unspecified atom stereocenters. The predicted molar refractivity (Wildman–Crippen MR) is 120 cm³/mol. The standard InChI is InChI=1S/C23H19BrN4O2/c1-14(27)7-23(29)28-13-20(19-10-18(24)4-5-21(19)28)17(12-26)9-16-8-15(11-25)3-6-22(16)30-2/h3-6,8-10,13-14H,7,27H2,1-2H3/b17-9+. The van der Waals surface area contributed by atoms with Gasteiger partial charge in [-0.2, -0.15) is 10.5 Å². The van der Waals surface area contributed by atoms with Crippen molar-refractivity contribution < 1.29 is 9.53 Å². The molecule has 2 aromatic carbocycles. The van der Waals surface area contributed by atoms with Crippen LogP contribution in [0, 0.1) is 22.7 Å². The van der Waals surface area contributed by atoms with Gasteiger partial charge >= 0.3 is 0 Å². The van der Waals surface area contributed by atoms with Gasteiger partial charge in [0.15, 0.2) is 0 Å². The van der Waals surface area contributed by atoms with Gasteiger partial charge in [0.2, 0.25) is 5.91 Å². The summed E-state index contributed by atoms with van der Waals surface area (Å²) in [6.07, 6.45) is 3.51. The Hall–Kier alpha value is -3.39. The Morgan fingerprint density at radius 1 is 1.30 bits per heavy atom. The van der Waals surface area contributed by atoms with E-state index in [1.165, 1.54) is 11.7 Å². The Labute approximate surface area is 182 Å². The van der Waals surface area contributed by atoms with Gasteiger partial charge < -0.3 is 10.5 Å². The van der Waals surface area contributed by atoms with E-state index in [1.807, 2.05) is 18.2 Å². The van der Waals surface area contributed by atoms with Crippen LogP contribution in [0.4, 0.5) is 0 Å². The Morgan fingerprint density at radius 2 is 2.07 bits per heavy atom. The number of benzene rings is 2. The molecule has 0 saturated carbocycles. The largest absolute Gasteiger partial charge is 0.496 e. The van der Waals surface area contributed by atoms with E-state index in [0.717, 1.165) is 9.86 Å². The summed E-state index contributed by atoms with van der Waals surface area (Å²) in [5.74, 6) is 0.393. The lowest BCUT2D eigenvalue weighted by atomic mass is 10.0. The normalized spacial score (nSPS) is 12.3. The summed E-state index contributed by atoms with van der Waals surface area (Å²) < 4.78 is 7.74. The molecule has 1 atom stereocenters. The molecular weight excluding hydrogens is 444 g/mol. The number of nitrogens with two attached hydrogens (primary N) is 1. The highest BCUT2D eigenvalue weighted by Gasteiger charge is 2.18. The highest BCUT2D eigenvalue weighted by molar-refractivity contribution is 9.10. The van der Waals surface area contributed by atoms with Crippen molar-refractivity contribution in [3.8, 4) is 17.9 Å². The summed E-state index contributed by atoms with van der Waals surface area (Å²) in [5.41, 5.74) is 8.51. The number of ether oxygens (including phenoxy) is 1. The van der Waals surface area contributed by atoms with Crippen LogP contribution in [0.1, 0.15) is 34.8 Å². The first-order chi connectivity index (χ1) is 14.4. The van der Waals surface area contributed by atoms with E-state index < -0.39 is 0 Å². The Kier molecular flexibility index (Phi) is 6.37. The minimum atomic E-state index is -0.280. The minimum Gasteiger partial charge on any atom is -0.496 e. The number of allylic oxidation sites excluding steroid dienone is 1. The molecule has 3 aromatic rings. The number of nitriles is 2. The fourth-order valence-corrected chi connectivity index (χ4v) is 3.60. The smallest absolute Gasteiger partial charge is 0.232 e. The maximum atomic E-state index is 12.7. The van der Waals surface area contributed by atoms with E-state index in [1.54, 1.807) is 37.4 Å². The summed E-state index contributed by atoms with van der Waals surface area (Å²) in [5, 5.41) is 19.9. The van der Waals surface area contributed by atoms with Crippen molar-refractivity contribution in [3.63, 3.8) is 0 Å². The van der Waals surface area contributed by atoms with Crippen molar-refractivity contribution in [2.75, 3.05) is 7.11 Å². The van der Waals surface area contributed by atoms with Crippen LogP contribution in [-0.4, -0.2) is 23.6 Å². The molecule has 3 rings (SSSR count). The number of aromatic nitrogens is 1. The van der Waals surface area contributed by atoms with Gasteiger partial charge in [-0.15, -0.1) is 0 Å².